The summed E-state index contributed by atoms with van der Waals surface area (Å²) in [5, 5.41) is 0. The van der Waals surface area contributed by atoms with Crippen molar-refractivity contribution in [3.8, 4) is 0 Å². The van der Waals surface area contributed by atoms with Crippen LogP contribution in [0.25, 0.3) is 0 Å². The number of nitrogens with zero attached hydrogens (tertiary/aromatic N) is 1. The van der Waals surface area contributed by atoms with E-state index < -0.39 is 0 Å². The fraction of sp³-hybridized carbons (Fsp3) is 1.00. The maximum atomic E-state index is 5.84. The lowest BCUT2D eigenvalue weighted by Gasteiger charge is -2.40. The van der Waals surface area contributed by atoms with Crippen molar-refractivity contribution in [3.63, 3.8) is 0 Å². The molecule has 1 saturated heterocycles. The lowest BCUT2D eigenvalue weighted by molar-refractivity contribution is -0.00875. The molecule has 0 spiro atoms. The molecule has 2 aliphatic rings. The third-order valence-corrected chi connectivity index (χ3v) is 5.32. The second-order valence-corrected chi connectivity index (χ2v) is 6.72. The quantitative estimate of drug-likeness (QED) is 0.770. The maximum Gasteiger partial charge on any atom is 0.0701 e. The fourth-order valence-corrected chi connectivity index (χ4v) is 4.02. The van der Waals surface area contributed by atoms with E-state index in [2.05, 4.69) is 24.6 Å². The molecular weight excluding hydrogens is 242 g/mol. The van der Waals surface area contributed by atoms with Crippen molar-refractivity contribution in [3.05, 3.63) is 0 Å². The van der Waals surface area contributed by atoms with Gasteiger partial charge in [-0.2, -0.15) is 12.6 Å². The number of hydrogen-bond acceptors (Lipinski definition) is 3. The first kappa shape index (κ1) is 14.7. The molecule has 2 fully saturated rings. The molecule has 2 rings (SSSR count). The molecule has 0 aromatic carbocycles. The van der Waals surface area contributed by atoms with E-state index in [1.165, 1.54) is 57.9 Å². The van der Waals surface area contributed by atoms with Crippen molar-refractivity contribution >= 4 is 12.6 Å². The molecule has 0 amide bonds. The predicted molar refractivity (Wildman–Crippen MR) is 80.5 cm³/mol. The molecule has 1 aliphatic carbocycles. The van der Waals surface area contributed by atoms with Gasteiger partial charge >= 0.3 is 0 Å². The largest absolute Gasteiger partial charge is 0.377 e. The van der Waals surface area contributed by atoms with Gasteiger partial charge in [0.15, 0.2) is 0 Å². The van der Waals surface area contributed by atoms with Gasteiger partial charge in [0.1, 0.15) is 0 Å². The Balaban J connectivity index is 1.78. The molecule has 1 saturated carbocycles. The Morgan fingerprint density at radius 2 is 1.94 bits per heavy atom. The van der Waals surface area contributed by atoms with Gasteiger partial charge in [0, 0.05) is 19.7 Å². The number of likely N-dealkylation sites (N-methyl/N-ethyl adjacent to an activating group) is 1. The van der Waals surface area contributed by atoms with Crippen LogP contribution in [0.1, 0.15) is 51.4 Å². The van der Waals surface area contributed by atoms with Crippen LogP contribution in [0.3, 0.4) is 0 Å². The van der Waals surface area contributed by atoms with Gasteiger partial charge in [-0.3, -0.25) is 0 Å². The monoisotopic (exact) mass is 271 g/mol. The van der Waals surface area contributed by atoms with Crippen LogP contribution in [0.2, 0.25) is 0 Å². The van der Waals surface area contributed by atoms with E-state index in [1.54, 1.807) is 0 Å². The minimum absolute atomic E-state index is 0.476. The van der Waals surface area contributed by atoms with Crippen LogP contribution in [0.4, 0.5) is 0 Å². The molecule has 1 unspecified atom stereocenters. The Morgan fingerprint density at radius 1 is 1.17 bits per heavy atom. The van der Waals surface area contributed by atoms with Crippen LogP contribution in [0, 0.1) is 5.41 Å². The van der Waals surface area contributed by atoms with Crippen LogP contribution in [0.5, 0.6) is 0 Å². The second-order valence-electron chi connectivity index (χ2n) is 6.40. The first-order valence-electron chi connectivity index (χ1n) is 7.65. The van der Waals surface area contributed by atoms with E-state index >= 15 is 0 Å². The first-order valence-corrected chi connectivity index (χ1v) is 8.28. The van der Waals surface area contributed by atoms with Crippen LogP contribution in [-0.2, 0) is 4.74 Å². The minimum atomic E-state index is 0.476. The lowest BCUT2D eigenvalue weighted by atomic mass is 9.75. The zero-order valence-corrected chi connectivity index (χ0v) is 12.8. The second kappa shape index (κ2) is 7.16. The molecular formula is C15H29NOS. The smallest absolute Gasteiger partial charge is 0.0701 e. The molecule has 0 aromatic rings. The summed E-state index contributed by atoms with van der Waals surface area (Å²) in [5.41, 5.74) is 0.477. The van der Waals surface area contributed by atoms with Gasteiger partial charge in [-0.15, -0.1) is 0 Å². The summed E-state index contributed by atoms with van der Waals surface area (Å²) in [7, 11) is 2.26. The highest BCUT2D eigenvalue weighted by atomic mass is 32.1. The zero-order valence-electron chi connectivity index (χ0n) is 11.9. The number of rotatable bonds is 5. The third-order valence-electron chi connectivity index (χ3n) is 4.64. The third kappa shape index (κ3) is 4.14. The molecule has 106 valence electrons. The van der Waals surface area contributed by atoms with Gasteiger partial charge in [0.05, 0.1) is 6.10 Å². The van der Waals surface area contributed by atoms with Crippen molar-refractivity contribution in [1.82, 2.24) is 4.90 Å². The van der Waals surface area contributed by atoms with Gasteiger partial charge in [-0.05, 0) is 50.3 Å². The van der Waals surface area contributed by atoms with Crippen LogP contribution in [-0.4, -0.2) is 43.5 Å². The van der Waals surface area contributed by atoms with Crippen LogP contribution >= 0.6 is 12.6 Å². The van der Waals surface area contributed by atoms with Gasteiger partial charge in [0.25, 0.3) is 0 Å². The SMILES string of the molecule is CN(CC1CCCCO1)CC1(CS)CCCCC1. The van der Waals surface area contributed by atoms with Crippen molar-refractivity contribution in [2.75, 3.05) is 32.5 Å². The molecule has 0 aromatic heterocycles. The molecule has 0 N–H and O–H groups in total. The van der Waals surface area contributed by atoms with E-state index in [1.807, 2.05) is 0 Å². The van der Waals surface area contributed by atoms with Gasteiger partial charge in [0.2, 0.25) is 0 Å². The summed E-state index contributed by atoms with van der Waals surface area (Å²) in [6, 6.07) is 0. The summed E-state index contributed by atoms with van der Waals surface area (Å²) >= 11 is 4.63. The summed E-state index contributed by atoms with van der Waals surface area (Å²) in [5.74, 6) is 1.04. The number of thiol groups is 1. The van der Waals surface area contributed by atoms with E-state index in [4.69, 9.17) is 4.74 Å². The summed E-state index contributed by atoms with van der Waals surface area (Å²) in [6.07, 6.45) is 11.3. The molecule has 1 atom stereocenters. The van der Waals surface area contributed by atoms with Gasteiger partial charge < -0.3 is 9.64 Å². The van der Waals surface area contributed by atoms with Gasteiger partial charge in [-0.1, -0.05) is 19.3 Å². The van der Waals surface area contributed by atoms with Crippen molar-refractivity contribution in [2.24, 2.45) is 5.41 Å². The van der Waals surface area contributed by atoms with Crippen molar-refractivity contribution in [2.45, 2.75) is 57.5 Å². The molecule has 2 nitrogen and oxygen atoms in total. The van der Waals surface area contributed by atoms with E-state index in [9.17, 15) is 0 Å². The molecule has 0 radical (unpaired) electrons. The fourth-order valence-electron chi connectivity index (χ4n) is 3.60. The van der Waals surface area contributed by atoms with Crippen molar-refractivity contribution in [1.29, 1.82) is 0 Å². The molecule has 18 heavy (non-hydrogen) atoms. The zero-order chi connectivity index (χ0) is 12.8. The Morgan fingerprint density at radius 3 is 2.56 bits per heavy atom. The average molecular weight is 271 g/mol. The van der Waals surface area contributed by atoms with Crippen molar-refractivity contribution < 1.29 is 4.74 Å². The van der Waals surface area contributed by atoms with E-state index in [0.717, 1.165) is 18.9 Å². The molecule has 1 heterocycles. The predicted octanol–water partition coefficient (Wildman–Crippen LogP) is 3.37. The highest BCUT2D eigenvalue weighted by Gasteiger charge is 2.32. The summed E-state index contributed by atoms with van der Waals surface area (Å²) in [6.45, 7) is 3.28. The first-order chi connectivity index (χ1) is 8.74. The maximum absolute atomic E-state index is 5.84. The highest BCUT2D eigenvalue weighted by Crippen LogP contribution is 2.37. The highest BCUT2D eigenvalue weighted by molar-refractivity contribution is 7.80. The lowest BCUT2D eigenvalue weighted by Crippen LogP contribution is -2.42. The average Bonchev–Trinajstić information content (AvgIpc) is 2.41. The molecule has 1 aliphatic heterocycles. The van der Waals surface area contributed by atoms with Crippen LogP contribution in [0.15, 0.2) is 0 Å². The topological polar surface area (TPSA) is 12.5 Å². The number of hydrogen-bond donors (Lipinski definition) is 1. The number of ether oxygens (including phenoxy) is 1. The molecule has 3 heteroatoms. The Labute approximate surface area is 118 Å². The Kier molecular flexibility index (Phi) is 5.84. The molecule has 0 bridgehead atoms. The van der Waals surface area contributed by atoms with E-state index in [-0.39, 0.29) is 0 Å². The Bertz CT molecular complexity index is 235. The Hall–Kier alpha value is 0.270. The summed E-state index contributed by atoms with van der Waals surface area (Å²) < 4.78 is 5.84. The standard InChI is InChI=1S/C15H29NOS/c1-16(11-14-7-3-6-10-17-14)12-15(13-18)8-4-2-5-9-15/h14,18H,2-13H2,1H3. The van der Waals surface area contributed by atoms with E-state index in [0.29, 0.717) is 11.5 Å². The van der Waals surface area contributed by atoms with Gasteiger partial charge in [-0.25, -0.2) is 0 Å². The normalized spacial score (nSPS) is 28.5. The minimum Gasteiger partial charge on any atom is -0.377 e. The van der Waals surface area contributed by atoms with Crippen LogP contribution < -0.4 is 0 Å². The summed E-state index contributed by atoms with van der Waals surface area (Å²) in [4.78, 5) is 2.50.